The molecule has 0 radical (unpaired) electrons. The quantitative estimate of drug-likeness (QED) is 0.0406. The van der Waals surface area contributed by atoms with Gasteiger partial charge in [0.25, 0.3) is 0 Å². The highest BCUT2D eigenvalue weighted by Gasteiger charge is 2.29. The zero-order valence-electron chi connectivity index (χ0n) is 53.4. The van der Waals surface area contributed by atoms with E-state index in [1.54, 1.807) is 4.90 Å². The third kappa shape index (κ3) is 31.7. The molecule has 3 aliphatic rings. The Bertz CT molecular complexity index is 2620. The molecule has 11 N–H and O–H groups in total. The van der Waals surface area contributed by atoms with Gasteiger partial charge in [-0.15, -0.1) is 0 Å². The molecule has 4 heterocycles. The molecule has 31 heteroatoms. The van der Waals surface area contributed by atoms with Crippen LogP contribution in [0.15, 0.2) is 24.3 Å². The molecule has 3 aliphatic heterocycles. The van der Waals surface area contributed by atoms with E-state index in [9.17, 15) is 63.9 Å². The summed E-state index contributed by atoms with van der Waals surface area (Å²) in [5, 5.41) is 64.1. The van der Waals surface area contributed by atoms with Gasteiger partial charge in [-0.1, -0.05) is 62.8 Å². The van der Waals surface area contributed by atoms with Gasteiger partial charge in [-0.2, -0.15) is 24.5 Å². The van der Waals surface area contributed by atoms with Crippen LogP contribution in [0.3, 0.4) is 0 Å². The van der Waals surface area contributed by atoms with E-state index in [4.69, 9.17) is 35.4 Å². The van der Waals surface area contributed by atoms with Crippen molar-refractivity contribution < 1.29 is 78.6 Å². The number of nitrogens with zero attached hydrogens (tertiary/aromatic N) is 11. The summed E-state index contributed by atoms with van der Waals surface area (Å²) in [7, 11) is 1.96. The van der Waals surface area contributed by atoms with Gasteiger partial charge in [-0.25, -0.2) is 14.4 Å². The summed E-state index contributed by atoms with van der Waals surface area (Å²) in [5.74, 6) is -4.92. The summed E-state index contributed by atoms with van der Waals surface area (Å²) >= 11 is 0. The van der Waals surface area contributed by atoms with Crippen molar-refractivity contribution >= 4 is 65.8 Å². The van der Waals surface area contributed by atoms with Gasteiger partial charge in [0.15, 0.2) is 0 Å². The number of urea groups is 1. The van der Waals surface area contributed by atoms with Crippen LogP contribution >= 0.6 is 0 Å². The fourth-order valence-electron chi connectivity index (χ4n) is 11.4. The number of nitrogens with two attached hydrogens (primary N) is 1. The molecule has 0 aliphatic carbocycles. The van der Waals surface area contributed by atoms with Crippen molar-refractivity contribution in [1.82, 2.24) is 60.3 Å². The van der Waals surface area contributed by atoms with Crippen LogP contribution in [0.1, 0.15) is 113 Å². The second-order valence-electron chi connectivity index (χ2n) is 23.8. The number of carbonyl (C=O) groups is 8. The summed E-state index contributed by atoms with van der Waals surface area (Å²) in [5.41, 5.74) is 7.86. The Hall–Kier alpha value is -7.51. The smallest absolute Gasteiger partial charge is 0.373 e. The number of unbranched alkanes of at least 4 members (excludes halogenated alkanes) is 8. The summed E-state index contributed by atoms with van der Waals surface area (Å²) in [6.07, 6.45) is 11.1. The Morgan fingerprint density at radius 3 is 1.51 bits per heavy atom. The first-order chi connectivity index (χ1) is 44.1. The molecule has 1 aromatic heterocycles. The highest BCUT2D eigenvalue weighted by molar-refractivity contribution is 5.86. The first-order valence-electron chi connectivity index (χ1n) is 32.2. The number of aromatic nitrogens is 3. The number of nitrogens with one attached hydrogen (secondary N) is 3. The number of carboxylic acid groups (broad SMARTS) is 6. The predicted molar refractivity (Wildman–Crippen MR) is 337 cm³/mol. The highest BCUT2D eigenvalue weighted by Crippen LogP contribution is 2.22. The highest BCUT2D eigenvalue weighted by atomic mass is 16.4. The summed E-state index contributed by atoms with van der Waals surface area (Å²) in [6.45, 7) is 12.0. The Kier molecular flexibility index (Phi) is 36.2. The van der Waals surface area contributed by atoms with Crippen molar-refractivity contribution in [3.8, 4) is 0 Å². The summed E-state index contributed by atoms with van der Waals surface area (Å²) in [6, 6.07) is 4.26. The predicted octanol–water partition coefficient (Wildman–Crippen LogP) is 0.356. The largest absolute Gasteiger partial charge is 0.481 e. The van der Waals surface area contributed by atoms with E-state index in [0.29, 0.717) is 109 Å². The van der Waals surface area contributed by atoms with Gasteiger partial charge in [0, 0.05) is 130 Å². The molecule has 5 rings (SSSR count). The molecule has 3 saturated heterocycles. The van der Waals surface area contributed by atoms with Crippen molar-refractivity contribution in [3.63, 3.8) is 0 Å². The number of hydrogen-bond donors (Lipinski definition) is 10. The summed E-state index contributed by atoms with van der Waals surface area (Å²) in [4.78, 5) is 143. The van der Waals surface area contributed by atoms with Crippen LogP contribution in [-0.2, 0) is 56.0 Å². The van der Waals surface area contributed by atoms with Gasteiger partial charge >= 0.3 is 48.0 Å². The van der Waals surface area contributed by atoms with Crippen molar-refractivity contribution in [2.45, 2.75) is 127 Å². The first-order valence-corrected chi connectivity index (χ1v) is 32.2. The molecule has 0 bridgehead atoms. The molecular formula is C61H99N15O16. The normalized spacial score (nSPS) is 17.6. The average molecular weight is 1300 g/mol. The van der Waals surface area contributed by atoms with Crippen molar-refractivity contribution in [2.24, 2.45) is 5.73 Å². The van der Waals surface area contributed by atoms with Crippen molar-refractivity contribution in [2.75, 3.05) is 161 Å². The number of carbonyl (C=O) groups excluding carboxylic acids is 4. The lowest BCUT2D eigenvalue weighted by Crippen LogP contribution is -2.52. The zero-order valence-corrected chi connectivity index (χ0v) is 53.4. The van der Waals surface area contributed by atoms with E-state index in [2.05, 4.69) is 64.7 Å². The third-order valence-electron chi connectivity index (χ3n) is 16.6. The maximum atomic E-state index is 12.4. The molecular weight excluding hydrogens is 1200 g/mol. The van der Waals surface area contributed by atoms with Crippen LogP contribution in [0.2, 0.25) is 0 Å². The molecule has 0 saturated carbocycles. The number of carboxylic acids is 6. The molecule has 514 valence electrons. The Morgan fingerprint density at radius 2 is 1.00 bits per heavy atom. The fraction of sp³-hybridized carbons (Fsp3) is 0.705. The minimum atomic E-state index is -1.48. The van der Waals surface area contributed by atoms with Crippen LogP contribution in [0.5, 0.6) is 0 Å². The van der Waals surface area contributed by atoms with Gasteiger partial charge in [-0.3, -0.25) is 48.5 Å². The van der Waals surface area contributed by atoms with E-state index < -0.39 is 60.4 Å². The maximum Gasteiger partial charge on any atom is 0.373 e. The molecule has 3 atom stereocenters. The van der Waals surface area contributed by atoms with Crippen LogP contribution in [0, 0.1) is 0 Å². The van der Waals surface area contributed by atoms with Gasteiger partial charge < -0.3 is 67.0 Å². The van der Waals surface area contributed by atoms with Gasteiger partial charge in [0.05, 0.1) is 19.6 Å². The average Bonchev–Trinajstić information content (AvgIpc) is 0.922. The van der Waals surface area contributed by atoms with E-state index in [1.165, 1.54) is 0 Å². The van der Waals surface area contributed by atoms with Crippen LogP contribution < -0.4 is 31.5 Å². The van der Waals surface area contributed by atoms with Crippen LogP contribution in [0.25, 0.3) is 0 Å². The Labute approximate surface area is 538 Å². The van der Waals surface area contributed by atoms with E-state index in [1.807, 2.05) is 16.8 Å². The molecule has 0 spiro atoms. The topological polar surface area (TPSA) is 419 Å². The minimum Gasteiger partial charge on any atom is -0.481 e. The standard InChI is InChI=1S/C60H99N15O14.CO2/c1-68-25-26-71(42-53(79)80)27-28-72(43-54(81)82)33-38-75(44-55(83)84)47(41-68)39-45-15-17-46(18-16-45)40-50-65-58(67-59(66-50)74-36-31-70(32-37-74)24-12-21-61)73-34-29-69(30-35-73)23-11-7-5-3-2-4-6-8-14-51(76)62-22-10-9-13-48(56(85)86)63-60(89)64-49(57(87)88)19-20-52(77)78;2-1-3/h15-18,47-49H,2-14,19-44,61H2,1H3,(H,62,76)(H,77,78)(H,79,80)(H,81,82)(H,83,84)(H,85,86)(H,87,88)(H2,63,64,89);/t47?,48-,49-;/m0./s1. The monoisotopic (exact) mass is 1300 g/mol. The minimum absolute atomic E-state index is 0.0570. The van der Waals surface area contributed by atoms with E-state index >= 15 is 0 Å². The number of benzene rings is 1. The van der Waals surface area contributed by atoms with Crippen LogP contribution in [-0.4, -0.2) is 298 Å². The number of rotatable bonds is 38. The number of likely N-dealkylation sites (N-methyl/N-ethyl adjacent to an activating group) is 1. The first kappa shape index (κ1) is 76.9. The molecule has 2 aromatic rings. The van der Waals surface area contributed by atoms with E-state index in [0.717, 1.165) is 134 Å². The molecule has 1 unspecified atom stereocenters. The molecule has 92 heavy (non-hydrogen) atoms. The summed E-state index contributed by atoms with van der Waals surface area (Å²) < 4.78 is 0. The Morgan fingerprint density at radius 1 is 0.533 bits per heavy atom. The zero-order chi connectivity index (χ0) is 67.2. The SMILES string of the molecule is CN1CCN(CC(=O)O)CCN(CC(=O)O)CCN(CC(=O)O)C(Cc2ccc(Cc3nc(N4CCN(CCCN)CC4)nc(N4CCN(CCCCCCCCCCC(=O)NCCCC[C@H](NC(=O)N[C@@H](CCC(=O)O)C(=O)O)C(=O)O)CC4)n3)cc2)C1.O=C=O. The molecule has 3 fully saturated rings. The molecule has 3 amide bonds. The lowest BCUT2D eigenvalue weighted by molar-refractivity contribution is -0.192. The second-order valence-corrected chi connectivity index (χ2v) is 23.8. The van der Waals surface area contributed by atoms with Crippen molar-refractivity contribution in [3.05, 3.63) is 41.2 Å². The van der Waals surface area contributed by atoms with Gasteiger partial charge in [0.2, 0.25) is 17.8 Å². The van der Waals surface area contributed by atoms with Gasteiger partial charge in [-0.05, 0) is 89.2 Å². The number of aliphatic carboxylic acids is 6. The maximum absolute atomic E-state index is 12.4. The van der Waals surface area contributed by atoms with E-state index in [-0.39, 0.29) is 50.6 Å². The number of amides is 3. The molecule has 1 aromatic carbocycles. The second kappa shape index (κ2) is 43.3. The lowest BCUT2D eigenvalue weighted by Gasteiger charge is -2.37. The lowest BCUT2D eigenvalue weighted by atomic mass is 10.0. The van der Waals surface area contributed by atoms with Gasteiger partial charge in [0.1, 0.15) is 17.9 Å². The number of piperazine rings is 2. The van der Waals surface area contributed by atoms with Crippen LogP contribution in [0.4, 0.5) is 16.7 Å². The Balaban J connectivity index is 0.00000589. The number of anilines is 2. The van der Waals surface area contributed by atoms with Crippen molar-refractivity contribution in [1.29, 1.82) is 0 Å². The molecule has 31 nitrogen and oxygen atoms in total. The number of hydrogen-bond acceptors (Lipinski definition) is 22. The fourth-order valence-corrected chi connectivity index (χ4v) is 11.4. The third-order valence-corrected chi connectivity index (χ3v) is 16.6.